The van der Waals surface area contributed by atoms with Gasteiger partial charge in [-0.25, -0.2) is 4.39 Å². The second-order valence-corrected chi connectivity index (χ2v) is 4.30. The molecule has 17 heavy (non-hydrogen) atoms. The molecular formula is C12H15F4N. The molecule has 0 heterocycles. The Kier molecular flexibility index (Phi) is 3.81. The zero-order chi connectivity index (χ0) is 13.3. The van der Waals surface area contributed by atoms with Gasteiger partial charge in [0.25, 0.3) is 0 Å². The third-order valence-corrected chi connectivity index (χ3v) is 2.88. The number of nitrogens with two attached hydrogens (primary N) is 1. The first-order valence-corrected chi connectivity index (χ1v) is 5.28. The van der Waals surface area contributed by atoms with Crippen LogP contribution in [0.3, 0.4) is 0 Å². The van der Waals surface area contributed by atoms with Crippen molar-refractivity contribution in [1.82, 2.24) is 0 Å². The Balaban J connectivity index is 3.24. The van der Waals surface area contributed by atoms with E-state index < -0.39 is 23.3 Å². The van der Waals surface area contributed by atoms with Crippen LogP contribution in [0.1, 0.15) is 25.0 Å². The van der Waals surface area contributed by atoms with E-state index in [0.717, 1.165) is 12.1 Å². The summed E-state index contributed by atoms with van der Waals surface area (Å²) in [4.78, 5) is 0. The fraction of sp³-hybridized carbons (Fsp3) is 0.500. The van der Waals surface area contributed by atoms with Gasteiger partial charge in [-0.1, -0.05) is 26.0 Å². The molecule has 0 saturated heterocycles. The summed E-state index contributed by atoms with van der Waals surface area (Å²) in [6.07, 6.45) is -4.47. The molecule has 0 spiro atoms. The molecule has 5 heteroatoms. The molecule has 1 aromatic carbocycles. The lowest BCUT2D eigenvalue weighted by molar-refractivity contribution is -0.137. The van der Waals surface area contributed by atoms with Crippen LogP contribution < -0.4 is 5.73 Å². The number of halogens is 4. The molecule has 2 N–H and O–H groups in total. The van der Waals surface area contributed by atoms with Crippen LogP contribution >= 0.6 is 0 Å². The highest BCUT2D eigenvalue weighted by atomic mass is 19.4. The molecule has 0 amide bonds. The van der Waals surface area contributed by atoms with E-state index in [9.17, 15) is 17.6 Å². The monoisotopic (exact) mass is 249 g/mol. The third-order valence-electron chi connectivity index (χ3n) is 2.88. The van der Waals surface area contributed by atoms with Crippen molar-refractivity contribution in [1.29, 1.82) is 0 Å². The average molecular weight is 249 g/mol. The van der Waals surface area contributed by atoms with Crippen molar-refractivity contribution in [3.63, 3.8) is 0 Å². The quantitative estimate of drug-likeness (QED) is 0.815. The van der Waals surface area contributed by atoms with Crippen LogP contribution in [0.15, 0.2) is 24.3 Å². The van der Waals surface area contributed by atoms with Crippen molar-refractivity contribution < 1.29 is 17.6 Å². The summed E-state index contributed by atoms with van der Waals surface area (Å²) in [5.74, 6) is -0.490. The summed E-state index contributed by atoms with van der Waals surface area (Å²) >= 11 is 0. The summed E-state index contributed by atoms with van der Waals surface area (Å²) < 4.78 is 52.0. The maximum atomic E-state index is 14.5. The lowest BCUT2D eigenvalue weighted by atomic mass is 9.84. The average Bonchev–Trinajstić information content (AvgIpc) is 2.26. The van der Waals surface area contributed by atoms with Crippen LogP contribution in [0.4, 0.5) is 17.6 Å². The molecule has 1 atom stereocenters. The van der Waals surface area contributed by atoms with Crippen LogP contribution in [-0.2, 0) is 11.8 Å². The van der Waals surface area contributed by atoms with Crippen LogP contribution in [-0.4, -0.2) is 6.54 Å². The van der Waals surface area contributed by atoms with Gasteiger partial charge in [0.1, 0.15) is 5.67 Å². The Morgan fingerprint density at radius 3 is 2.06 bits per heavy atom. The summed E-state index contributed by atoms with van der Waals surface area (Å²) in [6.45, 7) is 2.84. The molecule has 0 fully saturated rings. The Hall–Kier alpha value is -1.10. The fourth-order valence-electron chi connectivity index (χ4n) is 1.64. The first kappa shape index (κ1) is 14.0. The smallest absolute Gasteiger partial charge is 0.327 e. The van der Waals surface area contributed by atoms with Crippen molar-refractivity contribution in [2.75, 3.05) is 6.54 Å². The maximum Gasteiger partial charge on any atom is 0.416 e. The molecule has 0 aliphatic carbocycles. The molecule has 0 bridgehead atoms. The van der Waals surface area contributed by atoms with E-state index in [-0.39, 0.29) is 12.1 Å². The normalized spacial score (nSPS) is 16.0. The van der Waals surface area contributed by atoms with Gasteiger partial charge in [0.15, 0.2) is 0 Å². The van der Waals surface area contributed by atoms with Crippen molar-refractivity contribution in [3.05, 3.63) is 35.4 Å². The number of alkyl halides is 4. The van der Waals surface area contributed by atoms with Crippen molar-refractivity contribution >= 4 is 0 Å². The highest BCUT2D eigenvalue weighted by Crippen LogP contribution is 2.36. The Morgan fingerprint density at radius 1 is 1.12 bits per heavy atom. The largest absolute Gasteiger partial charge is 0.416 e. The molecule has 0 aliphatic heterocycles. The van der Waals surface area contributed by atoms with E-state index in [1.54, 1.807) is 13.8 Å². The summed E-state index contributed by atoms with van der Waals surface area (Å²) in [6, 6.07) is 4.28. The zero-order valence-corrected chi connectivity index (χ0v) is 9.68. The minimum Gasteiger partial charge on any atom is -0.327 e. The molecule has 0 aliphatic rings. The minimum atomic E-state index is -4.47. The van der Waals surface area contributed by atoms with E-state index in [4.69, 9.17) is 5.73 Å². The fourth-order valence-corrected chi connectivity index (χ4v) is 1.64. The zero-order valence-electron chi connectivity index (χ0n) is 9.68. The Morgan fingerprint density at radius 2 is 1.65 bits per heavy atom. The molecule has 1 nitrogen and oxygen atoms in total. The number of benzene rings is 1. The molecule has 1 unspecified atom stereocenters. The first-order chi connectivity index (χ1) is 7.71. The minimum absolute atomic E-state index is 0.0233. The summed E-state index contributed by atoms with van der Waals surface area (Å²) in [7, 11) is 0. The van der Waals surface area contributed by atoms with E-state index in [1.807, 2.05) is 0 Å². The lowest BCUT2D eigenvalue weighted by Gasteiger charge is -2.28. The molecule has 0 aromatic heterocycles. The van der Waals surface area contributed by atoms with Crippen LogP contribution in [0.5, 0.6) is 0 Å². The van der Waals surface area contributed by atoms with E-state index in [2.05, 4.69) is 0 Å². The van der Waals surface area contributed by atoms with E-state index >= 15 is 0 Å². The molecular weight excluding hydrogens is 234 g/mol. The lowest BCUT2D eigenvalue weighted by Crippen LogP contribution is -2.35. The predicted molar refractivity (Wildman–Crippen MR) is 58.1 cm³/mol. The number of rotatable bonds is 3. The summed E-state index contributed by atoms with van der Waals surface area (Å²) in [5.41, 5.74) is 2.53. The second kappa shape index (κ2) is 4.64. The van der Waals surface area contributed by atoms with Gasteiger partial charge in [-0.2, -0.15) is 13.2 Å². The first-order valence-electron chi connectivity index (χ1n) is 5.28. The topological polar surface area (TPSA) is 26.0 Å². The molecule has 96 valence electrons. The maximum absolute atomic E-state index is 14.5. The highest BCUT2D eigenvalue weighted by Gasteiger charge is 2.37. The van der Waals surface area contributed by atoms with Gasteiger partial charge in [-0.15, -0.1) is 0 Å². The van der Waals surface area contributed by atoms with Gasteiger partial charge >= 0.3 is 6.18 Å². The Bertz CT molecular complexity index is 386. The van der Waals surface area contributed by atoms with Gasteiger partial charge in [0, 0.05) is 6.54 Å². The number of hydrogen-bond acceptors (Lipinski definition) is 1. The van der Waals surface area contributed by atoms with E-state index in [0.29, 0.717) is 0 Å². The highest BCUT2D eigenvalue weighted by molar-refractivity contribution is 5.30. The van der Waals surface area contributed by atoms with E-state index in [1.165, 1.54) is 12.1 Å². The van der Waals surface area contributed by atoms with Crippen LogP contribution in [0.25, 0.3) is 0 Å². The molecule has 1 aromatic rings. The van der Waals surface area contributed by atoms with Crippen LogP contribution in [0, 0.1) is 5.92 Å². The van der Waals surface area contributed by atoms with Crippen molar-refractivity contribution in [2.24, 2.45) is 11.7 Å². The number of hydrogen-bond donors (Lipinski definition) is 1. The van der Waals surface area contributed by atoms with Gasteiger partial charge in [0.05, 0.1) is 5.56 Å². The third kappa shape index (κ3) is 2.77. The van der Waals surface area contributed by atoms with Gasteiger partial charge < -0.3 is 5.73 Å². The Labute approximate surface area is 97.6 Å². The molecule has 0 radical (unpaired) electrons. The SMILES string of the molecule is CC(C)C(F)(CN)c1cccc(C(F)(F)F)c1. The molecule has 0 saturated carbocycles. The van der Waals surface area contributed by atoms with Gasteiger partial charge in [-0.05, 0) is 23.6 Å². The molecule has 1 rings (SSSR count). The van der Waals surface area contributed by atoms with Crippen molar-refractivity contribution in [3.8, 4) is 0 Å². The standard InChI is InChI=1S/C12H15F4N/c1-8(2)11(13,7-17)9-4-3-5-10(6-9)12(14,15)16/h3-6,8H,7,17H2,1-2H3. The van der Waals surface area contributed by atoms with Gasteiger partial charge in [-0.3, -0.25) is 0 Å². The van der Waals surface area contributed by atoms with Gasteiger partial charge in [0.2, 0.25) is 0 Å². The van der Waals surface area contributed by atoms with Crippen LogP contribution in [0.2, 0.25) is 0 Å². The second-order valence-electron chi connectivity index (χ2n) is 4.30. The predicted octanol–water partition coefficient (Wildman–Crippen LogP) is 3.48. The summed E-state index contributed by atoms with van der Waals surface area (Å²) in [5, 5.41) is 0. The van der Waals surface area contributed by atoms with Crippen molar-refractivity contribution in [2.45, 2.75) is 25.7 Å².